The van der Waals surface area contributed by atoms with Gasteiger partial charge in [-0.1, -0.05) is 91.1 Å². The maximum atomic E-state index is 6.34. The summed E-state index contributed by atoms with van der Waals surface area (Å²) in [5, 5.41) is 10.1. The van der Waals surface area contributed by atoms with Crippen molar-refractivity contribution in [2.24, 2.45) is 5.92 Å². The highest BCUT2D eigenvalue weighted by atomic mass is 16.3. The number of furan rings is 1. The molecule has 3 atom stereocenters. The molecular weight excluding hydrogens is 695 g/mol. The van der Waals surface area contributed by atoms with Crippen LogP contribution in [0.3, 0.4) is 0 Å². The van der Waals surface area contributed by atoms with Crippen molar-refractivity contribution in [2.75, 3.05) is 6.54 Å². The van der Waals surface area contributed by atoms with E-state index in [0.717, 1.165) is 75.5 Å². The molecule has 1 N–H and O–H groups in total. The number of nitrogens with zero attached hydrogens (tertiary/aromatic N) is 2. The monoisotopic (exact) mass is 741 g/mol. The van der Waals surface area contributed by atoms with Crippen molar-refractivity contribution >= 4 is 64.0 Å². The Labute approximate surface area is 333 Å². The molecule has 5 aromatic rings. The Morgan fingerprint density at radius 2 is 1.60 bits per heavy atom. The van der Waals surface area contributed by atoms with Crippen LogP contribution in [0.5, 0.6) is 0 Å². The number of aryl methyl sites for hydroxylation is 1. The minimum atomic E-state index is 0.276. The molecule has 3 aromatic heterocycles. The van der Waals surface area contributed by atoms with Crippen LogP contribution in [0.2, 0.25) is 0 Å². The SMILES string of the molecule is C1=CC(C2=CC(C3=CCNC=C3)CC(n3c4c(c5ccccc53)=CC(c3ccc5c(c3)c3c(n5C5C=c6c7c(oc6=CC5)CCC=C7)CCC=C3)CC=4)=C2)=CCC1. The summed E-state index contributed by atoms with van der Waals surface area (Å²) in [7, 11) is 0. The van der Waals surface area contributed by atoms with Crippen molar-refractivity contribution in [3.05, 3.63) is 169 Å². The number of hydrogen-bond acceptors (Lipinski definition) is 2. The van der Waals surface area contributed by atoms with Gasteiger partial charge in [0.05, 0.1) is 11.6 Å². The number of nitrogens with one attached hydrogen (secondary N) is 1. The van der Waals surface area contributed by atoms with Crippen LogP contribution in [-0.2, 0) is 12.8 Å². The normalized spacial score (nSPS) is 23.1. The molecule has 0 radical (unpaired) electrons. The second-order valence-electron chi connectivity index (χ2n) is 16.8. The van der Waals surface area contributed by atoms with Gasteiger partial charge in [-0.25, -0.2) is 0 Å². The fourth-order valence-electron chi connectivity index (χ4n) is 10.8. The van der Waals surface area contributed by atoms with Gasteiger partial charge in [0.1, 0.15) is 11.2 Å². The van der Waals surface area contributed by atoms with E-state index >= 15 is 0 Å². The second-order valence-corrected chi connectivity index (χ2v) is 16.8. The Kier molecular flexibility index (Phi) is 7.74. The second kappa shape index (κ2) is 13.3. The number of allylic oxidation sites excluding steroid dienone is 12. The van der Waals surface area contributed by atoms with Gasteiger partial charge in [-0.3, -0.25) is 0 Å². The third-order valence-corrected chi connectivity index (χ3v) is 13.5. The summed E-state index contributed by atoms with van der Waals surface area (Å²) in [4.78, 5) is 0. The molecule has 4 nitrogen and oxygen atoms in total. The zero-order valence-corrected chi connectivity index (χ0v) is 32.4. The number of aromatic nitrogens is 2. The van der Waals surface area contributed by atoms with Crippen LogP contribution in [-0.4, -0.2) is 15.7 Å². The molecule has 57 heavy (non-hydrogen) atoms. The molecular formula is C53H47N3O. The highest BCUT2D eigenvalue weighted by Gasteiger charge is 2.27. The van der Waals surface area contributed by atoms with Crippen molar-refractivity contribution in [3.63, 3.8) is 0 Å². The summed E-state index contributed by atoms with van der Waals surface area (Å²) >= 11 is 0. The number of hydrogen-bond donors (Lipinski definition) is 1. The third kappa shape index (κ3) is 5.40. The molecule has 4 heterocycles. The van der Waals surface area contributed by atoms with Crippen molar-refractivity contribution in [1.29, 1.82) is 0 Å². The van der Waals surface area contributed by atoms with Crippen molar-refractivity contribution in [3.8, 4) is 0 Å². The van der Waals surface area contributed by atoms with E-state index in [1.54, 1.807) is 0 Å². The Bertz CT molecular complexity index is 3060. The van der Waals surface area contributed by atoms with Crippen molar-refractivity contribution < 1.29 is 4.42 Å². The van der Waals surface area contributed by atoms with Crippen LogP contribution >= 0.6 is 0 Å². The van der Waals surface area contributed by atoms with Gasteiger partial charge in [-0.05, 0) is 122 Å². The standard InChI is InChI=1S/C53H47N3O/c1-2-10-34(11-3-1)38-28-39(35-24-26-54-27-25-35)30-41(29-38)56-49-16-8-5-13-43(49)46-32-37(19-22-51(46)56)36-18-21-50-45(31-36)42-12-4-7-15-48(42)55(50)40-20-23-53-47(33-40)44-14-6-9-17-52(44)57-53/h2,4-6,8,10-14,16,18,21-26,28-29,31-33,37,39-40,54H,1,3,7,9,15,17,19-20,27,30H2. The molecule has 7 aliphatic rings. The van der Waals surface area contributed by atoms with Gasteiger partial charge in [-0.15, -0.1) is 0 Å². The average molecular weight is 742 g/mol. The fraction of sp³-hybridized carbons (Fsp3) is 0.245. The Morgan fingerprint density at radius 3 is 2.51 bits per heavy atom. The molecule has 0 bridgehead atoms. The first-order chi connectivity index (χ1) is 28.2. The van der Waals surface area contributed by atoms with E-state index in [4.69, 9.17) is 4.42 Å². The zero-order chi connectivity index (χ0) is 37.5. The van der Waals surface area contributed by atoms with E-state index in [1.165, 1.54) is 82.4 Å². The number of benzene rings is 2. The fourth-order valence-corrected chi connectivity index (χ4v) is 10.8. The largest absolute Gasteiger partial charge is 0.461 e. The highest BCUT2D eigenvalue weighted by Crippen LogP contribution is 2.40. The Balaban J connectivity index is 0.958. The van der Waals surface area contributed by atoms with Gasteiger partial charge in [0.2, 0.25) is 0 Å². The lowest BCUT2D eigenvalue weighted by Crippen LogP contribution is -2.33. The van der Waals surface area contributed by atoms with Gasteiger partial charge >= 0.3 is 0 Å². The van der Waals surface area contributed by atoms with Gasteiger partial charge in [0, 0.05) is 79.4 Å². The third-order valence-electron chi connectivity index (χ3n) is 13.5. The summed E-state index contributed by atoms with van der Waals surface area (Å²) in [6.07, 6.45) is 47.5. The van der Waals surface area contributed by atoms with Crippen molar-refractivity contribution in [2.45, 2.75) is 69.7 Å². The molecule has 12 rings (SSSR count). The molecule has 2 aromatic carbocycles. The number of rotatable bonds is 5. The lowest BCUT2D eigenvalue weighted by Gasteiger charge is -2.27. The van der Waals surface area contributed by atoms with E-state index < -0.39 is 0 Å². The molecule has 4 heteroatoms. The molecule has 0 spiro atoms. The number of para-hydroxylation sites is 1. The summed E-state index contributed by atoms with van der Waals surface area (Å²) in [6, 6.07) is 16.7. The first-order valence-corrected chi connectivity index (χ1v) is 21.3. The number of fused-ring (bicyclic) bond motifs is 9. The molecule has 280 valence electrons. The number of dihydropyridines is 1. The Hall–Kier alpha value is -6.00. The Morgan fingerprint density at radius 1 is 0.684 bits per heavy atom. The van der Waals surface area contributed by atoms with Gasteiger partial charge < -0.3 is 18.9 Å². The molecule has 6 aliphatic carbocycles. The average Bonchev–Trinajstić information content (AvgIpc) is 3.94. The van der Waals surface area contributed by atoms with Gasteiger partial charge in [0.15, 0.2) is 0 Å². The van der Waals surface area contributed by atoms with Gasteiger partial charge in [-0.2, -0.15) is 0 Å². The summed E-state index contributed by atoms with van der Waals surface area (Å²) in [5.74, 6) is 1.79. The van der Waals surface area contributed by atoms with Crippen LogP contribution in [0.4, 0.5) is 0 Å². The lowest BCUT2D eigenvalue weighted by molar-refractivity contribution is 0.474. The van der Waals surface area contributed by atoms with E-state index in [-0.39, 0.29) is 6.04 Å². The van der Waals surface area contributed by atoms with E-state index in [9.17, 15) is 0 Å². The molecule has 3 unspecified atom stereocenters. The first kappa shape index (κ1) is 33.2. The first-order valence-electron chi connectivity index (χ1n) is 21.3. The highest BCUT2D eigenvalue weighted by molar-refractivity contribution is 5.93. The van der Waals surface area contributed by atoms with Crippen LogP contribution < -0.4 is 26.5 Å². The van der Waals surface area contributed by atoms with Crippen LogP contribution in [0.25, 0.3) is 64.0 Å². The zero-order valence-electron chi connectivity index (χ0n) is 32.4. The predicted molar refractivity (Wildman–Crippen MR) is 237 cm³/mol. The smallest absolute Gasteiger partial charge is 0.130 e. The lowest BCUT2D eigenvalue weighted by atomic mass is 9.83. The van der Waals surface area contributed by atoms with Gasteiger partial charge in [0.25, 0.3) is 0 Å². The molecule has 0 saturated carbocycles. The minimum Gasteiger partial charge on any atom is -0.461 e. The summed E-state index contributed by atoms with van der Waals surface area (Å²) in [6.45, 7) is 0.887. The summed E-state index contributed by atoms with van der Waals surface area (Å²) in [5.41, 5.74) is 14.8. The van der Waals surface area contributed by atoms with Crippen LogP contribution in [0, 0.1) is 5.92 Å². The predicted octanol–water partition coefficient (Wildman–Crippen LogP) is 9.17. The van der Waals surface area contributed by atoms with Crippen LogP contribution in [0.15, 0.2) is 124 Å². The van der Waals surface area contributed by atoms with Crippen LogP contribution in [0.1, 0.15) is 85.1 Å². The topological polar surface area (TPSA) is 35.0 Å². The molecule has 0 saturated heterocycles. The minimum absolute atomic E-state index is 0.276. The summed E-state index contributed by atoms with van der Waals surface area (Å²) < 4.78 is 11.6. The van der Waals surface area contributed by atoms with E-state index in [0.29, 0.717) is 11.8 Å². The van der Waals surface area contributed by atoms with Crippen molar-refractivity contribution in [1.82, 2.24) is 14.5 Å². The van der Waals surface area contributed by atoms with E-state index in [2.05, 4.69) is 154 Å². The molecule has 1 aliphatic heterocycles. The maximum absolute atomic E-state index is 6.34. The molecule has 0 fully saturated rings. The quantitative estimate of drug-likeness (QED) is 0.195. The molecule has 0 amide bonds. The van der Waals surface area contributed by atoms with E-state index in [1.807, 2.05) is 0 Å². The maximum Gasteiger partial charge on any atom is 0.130 e.